The lowest BCUT2D eigenvalue weighted by Crippen LogP contribution is -2.32. The van der Waals surface area contributed by atoms with Crippen LogP contribution < -0.4 is 9.64 Å². The van der Waals surface area contributed by atoms with Crippen molar-refractivity contribution in [2.24, 2.45) is 0 Å². The van der Waals surface area contributed by atoms with Crippen molar-refractivity contribution in [3.63, 3.8) is 0 Å². The van der Waals surface area contributed by atoms with Gasteiger partial charge in [0.2, 0.25) is 0 Å². The van der Waals surface area contributed by atoms with Crippen LogP contribution in [0.25, 0.3) is 0 Å². The van der Waals surface area contributed by atoms with Crippen LogP contribution in [-0.2, 0) is 0 Å². The van der Waals surface area contributed by atoms with E-state index in [1.54, 1.807) is 7.11 Å². The van der Waals surface area contributed by atoms with Crippen molar-refractivity contribution in [3.05, 3.63) is 23.8 Å². The van der Waals surface area contributed by atoms with Gasteiger partial charge in [0.15, 0.2) is 0 Å². The van der Waals surface area contributed by atoms with Gasteiger partial charge in [-0.3, -0.25) is 0 Å². The molecule has 0 amide bonds. The summed E-state index contributed by atoms with van der Waals surface area (Å²) in [6, 6.07) is 7.43. The average molecular weight is 288 g/mol. The SMILES string of the molecule is COc1ccc2c(c1)C(CCN(C)C)CN2C1CCCC1. The number of ether oxygens (including phenoxy) is 1. The van der Waals surface area contributed by atoms with Crippen LogP contribution in [0.4, 0.5) is 5.69 Å². The fraction of sp³-hybridized carbons (Fsp3) is 0.667. The third kappa shape index (κ3) is 3.03. The quantitative estimate of drug-likeness (QED) is 0.825. The summed E-state index contributed by atoms with van der Waals surface area (Å²) >= 11 is 0. The first-order chi connectivity index (χ1) is 10.2. The van der Waals surface area contributed by atoms with E-state index < -0.39 is 0 Å². The van der Waals surface area contributed by atoms with Crippen LogP contribution in [0.15, 0.2) is 18.2 Å². The molecule has 3 rings (SSSR count). The summed E-state index contributed by atoms with van der Waals surface area (Å²) in [4.78, 5) is 4.97. The van der Waals surface area contributed by atoms with E-state index in [-0.39, 0.29) is 0 Å². The monoisotopic (exact) mass is 288 g/mol. The van der Waals surface area contributed by atoms with Crippen molar-refractivity contribution in [3.8, 4) is 5.75 Å². The molecule has 0 aromatic heterocycles. The van der Waals surface area contributed by atoms with Crippen molar-refractivity contribution < 1.29 is 4.74 Å². The lowest BCUT2D eigenvalue weighted by molar-refractivity contribution is 0.381. The molecule has 0 bridgehead atoms. The third-order valence-corrected chi connectivity index (χ3v) is 5.09. The van der Waals surface area contributed by atoms with Crippen LogP contribution in [0.2, 0.25) is 0 Å². The molecule has 0 saturated heterocycles. The summed E-state index contributed by atoms with van der Waals surface area (Å²) in [6.07, 6.45) is 6.76. The molecule has 1 fully saturated rings. The van der Waals surface area contributed by atoms with Gasteiger partial charge in [-0.05, 0) is 63.7 Å². The Bertz CT molecular complexity index is 480. The second kappa shape index (κ2) is 6.27. The zero-order chi connectivity index (χ0) is 14.8. The smallest absolute Gasteiger partial charge is 0.119 e. The Morgan fingerprint density at radius 3 is 2.67 bits per heavy atom. The number of benzene rings is 1. The molecule has 0 spiro atoms. The fourth-order valence-corrected chi connectivity index (χ4v) is 3.90. The standard InChI is InChI=1S/C18H28N2O/c1-19(2)11-10-14-13-20(15-6-4-5-7-15)18-9-8-16(21-3)12-17(14)18/h8-9,12,14-15H,4-7,10-11,13H2,1-3H3. The Hall–Kier alpha value is -1.22. The van der Waals surface area contributed by atoms with E-state index in [1.807, 2.05) is 0 Å². The van der Waals surface area contributed by atoms with Crippen molar-refractivity contribution in [1.82, 2.24) is 4.90 Å². The minimum absolute atomic E-state index is 0.651. The second-order valence-electron chi connectivity index (χ2n) is 6.80. The minimum atomic E-state index is 0.651. The van der Waals surface area contributed by atoms with Gasteiger partial charge in [-0.25, -0.2) is 0 Å². The van der Waals surface area contributed by atoms with Crippen molar-refractivity contribution in [1.29, 1.82) is 0 Å². The zero-order valence-electron chi connectivity index (χ0n) is 13.6. The molecule has 1 saturated carbocycles. The van der Waals surface area contributed by atoms with E-state index in [2.05, 4.69) is 42.1 Å². The second-order valence-corrected chi connectivity index (χ2v) is 6.80. The van der Waals surface area contributed by atoms with E-state index in [1.165, 1.54) is 49.9 Å². The summed E-state index contributed by atoms with van der Waals surface area (Å²) in [5.74, 6) is 1.65. The van der Waals surface area contributed by atoms with Crippen LogP contribution in [0.3, 0.4) is 0 Å². The van der Waals surface area contributed by atoms with Gasteiger partial charge in [0.1, 0.15) is 5.75 Å². The molecular formula is C18H28N2O. The molecule has 1 unspecified atom stereocenters. The molecular weight excluding hydrogens is 260 g/mol. The molecule has 116 valence electrons. The number of nitrogens with zero attached hydrogens (tertiary/aromatic N) is 2. The highest BCUT2D eigenvalue weighted by Gasteiger charge is 2.34. The fourth-order valence-electron chi connectivity index (χ4n) is 3.90. The molecule has 1 heterocycles. The molecule has 0 radical (unpaired) electrons. The number of hydrogen-bond acceptors (Lipinski definition) is 3. The number of hydrogen-bond donors (Lipinski definition) is 0. The van der Waals surface area contributed by atoms with Crippen LogP contribution in [0, 0.1) is 0 Å². The van der Waals surface area contributed by atoms with Gasteiger partial charge in [-0.2, -0.15) is 0 Å². The summed E-state index contributed by atoms with van der Waals surface area (Å²) in [7, 11) is 6.09. The highest BCUT2D eigenvalue weighted by molar-refractivity contribution is 5.63. The van der Waals surface area contributed by atoms with E-state index in [0.717, 1.165) is 18.3 Å². The maximum absolute atomic E-state index is 5.45. The summed E-state index contributed by atoms with van der Waals surface area (Å²) in [5.41, 5.74) is 2.97. The third-order valence-electron chi connectivity index (χ3n) is 5.09. The highest BCUT2D eigenvalue weighted by Crippen LogP contribution is 2.43. The van der Waals surface area contributed by atoms with Gasteiger partial charge < -0.3 is 14.5 Å². The Morgan fingerprint density at radius 1 is 1.24 bits per heavy atom. The molecule has 21 heavy (non-hydrogen) atoms. The zero-order valence-corrected chi connectivity index (χ0v) is 13.6. The minimum Gasteiger partial charge on any atom is -0.497 e. The number of methoxy groups -OCH3 is 1. The molecule has 0 N–H and O–H groups in total. The summed E-state index contributed by atoms with van der Waals surface area (Å²) < 4.78 is 5.45. The topological polar surface area (TPSA) is 15.7 Å². The first kappa shape index (κ1) is 14.7. The van der Waals surface area contributed by atoms with Gasteiger partial charge in [0.05, 0.1) is 7.11 Å². The van der Waals surface area contributed by atoms with Gasteiger partial charge in [-0.15, -0.1) is 0 Å². The van der Waals surface area contributed by atoms with Crippen LogP contribution in [-0.4, -0.2) is 45.2 Å². The van der Waals surface area contributed by atoms with Gasteiger partial charge >= 0.3 is 0 Å². The Labute approximate surface area is 128 Å². The first-order valence-electron chi connectivity index (χ1n) is 8.28. The molecule has 1 aliphatic heterocycles. The van der Waals surface area contributed by atoms with E-state index in [0.29, 0.717) is 5.92 Å². The van der Waals surface area contributed by atoms with Crippen LogP contribution >= 0.6 is 0 Å². The molecule has 3 heteroatoms. The lowest BCUT2D eigenvalue weighted by Gasteiger charge is -2.27. The lowest BCUT2D eigenvalue weighted by atomic mass is 9.97. The van der Waals surface area contributed by atoms with Crippen molar-refractivity contribution in [2.45, 2.75) is 44.1 Å². The molecule has 1 aromatic rings. The van der Waals surface area contributed by atoms with Crippen LogP contribution in [0.5, 0.6) is 5.75 Å². The maximum atomic E-state index is 5.45. The van der Waals surface area contributed by atoms with Gasteiger partial charge in [-0.1, -0.05) is 12.8 Å². The highest BCUT2D eigenvalue weighted by atomic mass is 16.5. The number of fused-ring (bicyclic) bond motifs is 1. The Balaban J connectivity index is 1.84. The van der Waals surface area contributed by atoms with Gasteiger partial charge in [0.25, 0.3) is 0 Å². The molecule has 3 nitrogen and oxygen atoms in total. The van der Waals surface area contributed by atoms with E-state index in [4.69, 9.17) is 4.74 Å². The maximum Gasteiger partial charge on any atom is 0.119 e. The summed E-state index contributed by atoms with van der Waals surface area (Å²) in [6.45, 7) is 2.35. The van der Waals surface area contributed by atoms with Crippen molar-refractivity contribution in [2.75, 3.05) is 39.2 Å². The van der Waals surface area contributed by atoms with E-state index in [9.17, 15) is 0 Å². The summed E-state index contributed by atoms with van der Waals surface area (Å²) in [5, 5.41) is 0. The Morgan fingerprint density at radius 2 is 2.00 bits per heavy atom. The average Bonchev–Trinajstić information content (AvgIpc) is 3.11. The molecule has 1 aliphatic carbocycles. The largest absolute Gasteiger partial charge is 0.497 e. The van der Waals surface area contributed by atoms with Crippen molar-refractivity contribution >= 4 is 5.69 Å². The first-order valence-corrected chi connectivity index (χ1v) is 8.28. The normalized spacial score (nSPS) is 22.1. The predicted molar refractivity (Wildman–Crippen MR) is 88.5 cm³/mol. The Kier molecular flexibility index (Phi) is 4.39. The van der Waals surface area contributed by atoms with Crippen LogP contribution in [0.1, 0.15) is 43.6 Å². The number of anilines is 1. The molecule has 1 aromatic carbocycles. The molecule has 2 aliphatic rings. The van der Waals surface area contributed by atoms with Gasteiger partial charge in [0, 0.05) is 24.2 Å². The predicted octanol–water partition coefficient (Wildman–Crippen LogP) is 3.49. The van der Waals surface area contributed by atoms with E-state index >= 15 is 0 Å². The molecule has 1 atom stereocenters. The number of rotatable bonds is 5.